The molecule has 0 amide bonds. The number of hydrogen-bond donors (Lipinski definition) is 0. The Morgan fingerprint density at radius 1 is 0.905 bits per heavy atom. The molecule has 21 heavy (non-hydrogen) atoms. The molecule has 2 nitrogen and oxygen atoms in total. The summed E-state index contributed by atoms with van der Waals surface area (Å²) in [5.74, 6) is 0.993. The fourth-order valence-corrected chi connectivity index (χ4v) is 5.40. The maximum atomic E-state index is 2.97. The average Bonchev–Trinajstić information content (AvgIpc) is 2.56. The first-order chi connectivity index (χ1) is 10.3. The fraction of sp³-hybridized carbons (Fsp3) is 1.00. The molecule has 0 radical (unpaired) electrons. The van der Waals surface area contributed by atoms with Gasteiger partial charge in [-0.2, -0.15) is 0 Å². The minimum atomic E-state index is 0.825. The van der Waals surface area contributed by atoms with Crippen LogP contribution >= 0.6 is 0 Å². The number of piperazine rings is 1. The van der Waals surface area contributed by atoms with Crippen LogP contribution in [0.25, 0.3) is 0 Å². The highest BCUT2D eigenvalue weighted by molar-refractivity contribution is 4.94. The van der Waals surface area contributed by atoms with E-state index in [9.17, 15) is 0 Å². The van der Waals surface area contributed by atoms with Crippen molar-refractivity contribution >= 4 is 0 Å². The van der Waals surface area contributed by atoms with Crippen molar-refractivity contribution in [2.45, 2.75) is 96.2 Å². The Labute approximate surface area is 132 Å². The van der Waals surface area contributed by atoms with Gasteiger partial charge in [0.25, 0.3) is 0 Å². The molecular weight excluding hydrogens is 256 g/mol. The Morgan fingerprint density at radius 3 is 2.38 bits per heavy atom. The van der Waals surface area contributed by atoms with Crippen molar-refractivity contribution in [3.05, 3.63) is 0 Å². The predicted octanol–water partition coefficient (Wildman–Crippen LogP) is 4.29. The van der Waals surface area contributed by atoms with E-state index in [1.165, 1.54) is 83.8 Å². The molecule has 3 atom stereocenters. The van der Waals surface area contributed by atoms with Crippen LogP contribution in [0.4, 0.5) is 0 Å². The van der Waals surface area contributed by atoms with E-state index in [0.717, 1.165) is 24.0 Å². The number of hydrogen-bond acceptors (Lipinski definition) is 2. The summed E-state index contributed by atoms with van der Waals surface area (Å²) in [6.45, 7) is 8.95. The Kier molecular flexibility index (Phi) is 5.61. The van der Waals surface area contributed by atoms with E-state index in [1.54, 1.807) is 0 Å². The topological polar surface area (TPSA) is 6.48 Å². The molecule has 0 N–H and O–H groups in total. The molecule has 2 heteroatoms. The average molecular weight is 293 g/mol. The van der Waals surface area contributed by atoms with Gasteiger partial charge in [0.2, 0.25) is 0 Å². The lowest BCUT2D eigenvalue weighted by Crippen LogP contribution is -2.62. The Bertz CT molecular complexity index is 311. The summed E-state index contributed by atoms with van der Waals surface area (Å²) in [4.78, 5) is 5.80. The van der Waals surface area contributed by atoms with E-state index in [1.807, 2.05) is 0 Å². The van der Waals surface area contributed by atoms with E-state index in [-0.39, 0.29) is 0 Å². The summed E-state index contributed by atoms with van der Waals surface area (Å²) in [6.07, 6.45) is 14.5. The van der Waals surface area contributed by atoms with E-state index in [0.29, 0.717) is 0 Å². The zero-order valence-electron chi connectivity index (χ0n) is 14.4. The van der Waals surface area contributed by atoms with Crippen molar-refractivity contribution < 1.29 is 0 Å². The molecule has 3 fully saturated rings. The quantitative estimate of drug-likeness (QED) is 0.762. The number of piperidine rings is 1. The zero-order valence-corrected chi connectivity index (χ0v) is 14.4. The van der Waals surface area contributed by atoms with E-state index < -0.39 is 0 Å². The molecule has 0 aromatic carbocycles. The third-order valence-corrected chi connectivity index (χ3v) is 6.59. The van der Waals surface area contributed by atoms with Gasteiger partial charge in [-0.3, -0.25) is 9.80 Å². The Hall–Kier alpha value is -0.0800. The normalized spacial score (nSPS) is 34.6. The van der Waals surface area contributed by atoms with Crippen LogP contribution < -0.4 is 0 Å². The minimum Gasteiger partial charge on any atom is -0.298 e. The summed E-state index contributed by atoms with van der Waals surface area (Å²) in [5.41, 5.74) is 0. The van der Waals surface area contributed by atoms with Crippen molar-refractivity contribution in [1.82, 2.24) is 9.80 Å². The van der Waals surface area contributed by atoms with Gasteiger partial charge in [0.15, 0.2) is 0 Å². The van der Waals surface area contributed by atoms with Crippen LogP contribution in [-0.4, -0.2) is 47.6 Å². The van der Waals surface area contributed by atoms with Gasteiger partial charge >= 0.3 is 0 Å². The molecule has 0 spiro atoms. The number of nitrogens with zero attached hydrogens (tertiary/aromatic N) is 2. The largest absolute Gasteiger partial charge is 0.298 e. The van der Waals surface area contributed by atoms with Crippen LogP contribution in [0.2, 0.25) is 0 Å². The van der Waals surface area contributed by atoms with Crippen molar-refractivity contribution in [3.63, 3.8) is 0 Å². The van der Waals surface area contributed by atoms with Gasteiger partial charge in [0.1, 0.15) is 0 Å². The summed E-state index contributed by atoms with van der Waals surface area (Å²) in [7, 11) is 0. The molecule has 3 rings (SSSR count). The van der Waals surface area contributed by atoms with Gasteiger partial charge in [0.05, 0.1) is 0 Å². The first-order valence-corrected chi connectivity index (χ1v) is 9.83. The molecule has 122 valence electrons. The summed E-state index contributed by atoms with van der Waals surface area (Å²) >= 11 is 0. The monoisotopic (exact) mass is 292 g/mol. The van der Waals surface area contributed by atoms with Crippen LogP contribution in [-0.2, 0) is 0 Å². The molecule has 2 heterocycles. The summed E-state index contributed by atoms with van der Waals surface area (Å²) in [6, 6.07) is 2.57. The van der Waals surface area contributed by atoms with Crippen molar-refractivity contribution in [2.75, 3.05) is 19.6 Å². The highest BCUT2D eigenvalue weighted by Gasteiger charge is 2.39. The highest BCUT2D eigenvalue weighted by atomic mass is 15.3. The van der Waals surface area contributed by atoms with Crippen molar-refractivity contribution in [3.8, 4) is 0 Å². The van der Waals surface area contributed by atoms with Gasteiger partial charge in [0, 0.05) is 31.2 Å². The lowest BCUT2D eigenvalue weighted by molar-refractivity contribution is -0.0345. The lowest BCUT2D eigenvalue weighted by Gasteiger charge is -2.52. The molecule has 3 aliphatic rings. The molecular formula is C19H36N2. The first kappa shape index (κ1) is 15.8. The summed E-state index contributed by atoms with van der Waals surface area (Å²) < 4.78 is 0. The van der Waals surface area contributed by atoms with E-state index >= 15 is 0 Å². The van der Waals surface area contributed by atoms with Crippen molar-refractivity contribution in [2.24, 2.45) is 5.92 Å². The van der Waals surface area contributed by atoms with E-state index in [2.05, 4.69) is 23.6 Å². The molecule has 3 unspecified atom stereocenters. The van der Waals surface area contributed by atoms with Crippen LogP contribution in [0, 0.1) is 5.92 Å². The molecule has 0 bridgehead atoms. The first-order valence-electron chi connectivity index (χ1n) is 9.83. The zero-order chi connectivity index (χ0) is 14.7. The molecule has 0 aromatic heterocycles. The van der Waals surface area contributed by atoms with Crippen molar-refractivity contribution in [1.29, 1.82) is 0 Å². The second-order valence-electron chi connectivity index (χ2n) is 7.78. The van der Waals surface area contributed by atoms with Crippen LogP contribution in [0.1, 0.15) is 78.1 Å². The number of rotatable bonds is 4. The number of fused-ring (bicyclic) bond motifs is 1. The maximum Gasteiger partial charge on any atom is 0.0224 e. The SMILES string of the molecule is CCC1CN2CCCCC2CN1C(CC)C1CCCCC1. The highest BCUT2D eigenvalue weighted by Crippen LogP contribution is 2.35. The molecule has 2 saturated heterocycles. The lowest BCUT2D eigenvalue weighted by atomic mass is 9.80. The molecule has 2 aliphatic heterocycles. The molecule has 1 saturated carbocycles. The fourth-order valence-electron chi connectivity index (χ4n) is 5.40. The molecule has 0 aromatic rings. The van der Waals surface area contributed by atoms with Gasteiger partial charge < -0.3 is 0 Å². The van der Waals surface area contributed by atoms with Gasteiger partial charge in [-0.05, 0) is 51.0 Å². The Morgan fingerprint density at radius 2 is 1.67 bits per heavy atom. The minimum absolute atomic E-state index is 0.825. The second-order valence-corrected chi connectivity index (χ2v) is 7.78. The van der Waals surface area contributed by atoms with Crippen LogP contribution in [0.3, 0.4) is 0 Å². The predicted molar refractivity (Wildman–Crippen MR) is 90.7 cm³/mol. The van der Waals surface area contributed by atoms with Gasteiger partial charge in [-0.25, -0.2) is 0 Å². The van der Waals surface area contributed by atoms with Crippen LogP contribution in [0.5, 0.6) is 0 Å². The molecule has 1 aliphatic carbocycles. The van der Waals surface area contributed by atoms with E-state index in [4.69, 9.17) is 0 Å². The smallest absolute Gasteiger partial charge is 0.0224 e. The van der Waals surface area contributed by atoms with Gasteiger partial charge in [-0.1, -0.05) is 39.5 Å². The third-order valence-electron chi connectivity index (χ3n) is 6.59. The third kappa shape index (κ3) is 3.47. The van der Waals surface area contributed by atoms with Gasteiger partial charge in [-0.15, -0.1) is 0 Å². The Balaban J connectivity index is 1.70. The maximum absolute atomic E-state index is 2.97. The van der Waals surface area contributed by atoms with Crippen LogP contribution in [0.15, 0.2) is 0 Å². The standard InChI is InChI=1S/C19H36N2/c1-3-17-14-20-13-9-8-12-18(20)15-21(17)19(4-2)16-10-6-5-7-11-16/h16-19H,3-15H2,1-2H3. The summed E-state index contributed by atoms with van der Waals surface area (Å²) in [5, 5.41) is 0. The second kappa shape index (κ2) is 7.46.